The van der Waals surface area contributed by atoms with Gasteiger partial charge in [-0.05, 0) is 30.4 Å². The van der Waals surface area contributed by atoms with E-state index < -0.39 is 0 Å². The molecule has 0 radical (unpaired) electrons. The number of aryl methyl sites for hydroxylation is 2. The highest BCUT2D eigenvalue weighted by Crippen LogP contribution is 2.29. The van der Waals surface area contributed by atoms with Gasteiger partial charge in [-0.25, -0.2) is 0 Å². The van der Waals surface area contributed by atoms with Crippen molar-refractivity contribution in [2.24, 2.45) is 7.05 Å². The molecule has 0 aliphatic heterocycles. The van der Waals surface area contributed by atoms with Gasteiger partial charge in [0.1, 0.15) is 0 Å². The van der Waals surface area contributed by atoms with Crippen LogP contribution >= 0.6 is 0 Å². The molecule has 110 valence electrons. The quantitative estimate of drug-likeness (QED) is 0.846. The molecule has 1 aliphatic rings. The van der Waals surface area contributed by atoms with E-state index in [1.807, 2.05) is 11.9 Å². The van der Waals surface area contributed by atoms with Crippen LogP contribution in [0.15, 0.2) is 36.7 Å². The predicted molar refractivity (Wildman–Crippen MR) is 81.9 cm³/mol. The number of hydrogen-bond donors (Lipinski definition) is 0. The Morgan fingerprint density at radius 1 is 1.29 bits per heavy atom. The highest BCUT2D eigenvalue weighted by atomic mass is 16.2. The lowest BCUT2D eigenvalue weighted by molar-refractivity contribution is 0.0730. The molecular formula is C17H21N3O. The lowest BCUT2D eigenvalue weighted by atomic mass is 10.1. The standard InChI is InChI=1S/C17H21N3O/c1-3-13-4-6-14(7-5-13)11-20(16-8-9-16)17(21)15-10-18-19(2)12-15/h4-7,10,12,16H,3,8-9,11H2,1-2H3. The zero-order valence-corrected chi connectivity index (χ0v) is 12.6. The molecule has 0 saturated heterocycles. The summed E-state index contributed by atoms with van der Waals surface area (Å²) in [7, 11) is 1.84. The van der Waals surface area contributed by atoms with Gasteiger partial charge in [-0.2, -0.15) is 5.10 Å². The Hall–Kier alpha value is -2.10. The van der Waals surface area contributed by atoms with Crippen molar-refractivity contribution in [3.8, 4) is 0 Å². The van der Waals surface area contributed by atoms with Crippen molar-refractivity contribution in [3.05, 3.63) is 53.3 Å². The number of rotatable bonds is 5. The maximum absolute atomic E-state index is 12.6. The van der Waals surface area contributed by atoms with Crippen molar-refractivity contribution in [2.75, 3.05) is 0 Å². The topological polar surface area (TPSA) is 38.1 Å². The summed E-state index contributed by atoms with van der Waals surface area (Å²) in [6, 6.07) is 8.95. The van der Waals surface area contributed by atoms with Gasteiger partial charge in [-0.15, -0.1) is 0 Å². The Bertz CT molecular complexity index is 626. The highest BCUT2D eigenvalue weighted by Gasteiger charge is 2.33. The Morgan fingerprint density at radius 3 is 2.48 bits per heavy atom. The van der Waals surface area contributed by atoms with Crippen LogP contribution in [0.4, 0.5) is 0 Å². The molecule has 4 heteroatoms. The second-order valence-corrected chi connectivity index (χ2v) is 5.74. The fourth-order valence-electron chi connectivity index (χ4n) is 2.53. The van der Waals surface area contributed by atoms with Crippen LogP contribution in [0.5, 0.6) is 0 Å². The van der Waals surface area contributed by atoms with Crippen molar-refractivity contribution in [1.29, 1.82) is 0 Å². The monoisotopic (exact) mass is 283 g/mol. The summed E-state index contributed by atoms with van der Waals surface area (Å²) in [5.74, 6) is 0.0881. The molecule has 0 unspecified atom stereocenters. The zero-order valence-electron chi connectivity index (χ0n) is 12.6. The number of carbonyl (C=O) groups excluding carboxylic acids is 1. The van der Waals surface area contributed by atoms with E-state index in [1.54, 1.807) is 17.1 Å². The first kappa shape index (κ1) is 13.9. The number of carbonyl (C=O) groups is 1. The molecule has 2 aromatic rings. The third kappa shape index (κ3) is 3.15. The first-order valence-electron chi connectivity index (χ1n) is 7.55. The highest BCUT2D eigenvalue weighted by molar-refractivity contribution is 5.94. The summed E-state index contributed by atoms with van der Waals surface area (Å²) in [6.07, 6.45) is 6.70. The Labute approximate surface area is 125 Å². The van der Waals surface area contributed by atoms with Crippen molar-refractivity contribution in [2.45, 2.75) is 38.8 Å². The number of amides is 1. The number of benzene rings is 1. The average molecular weight is 283 g/mol. The van der Waals surface area contributed by atoms with E-state index in [1.165, 1.54) is 11.1 Å². The molecule has 21 heavy (non-hydrogen) atoms. The minimum Gasteiger partial charge on any atom is -0.331 e. The first-order chi connectivity index (χ1) is 10.2. The fraction of sp³-hybridized carbons (Fsp3) is 0.412. The van der Waals surface area contributed by atoms with Crippen molar-refractivity contribution in [1.82, 2.24) is 14.7 Å². The molecule has 1 aliphatic carbocycles. The fourth-order valence-corrected chi connectivity index (χ4v) is 2.53. The third-order valence-corrected chi connectivity index (χ3v) is 3.98. The summed E-state index contributed by atoms with van der Waals surface area (Å²) in [5, 5.41) is 4.10. The summed E-state index contributed by atoms with van der Waals surface area (Å²) in [4.78, 5) is 14.6. The van der Waals surface area contributed by atoms with Crippen molar-refractivity contribution in [3.63, 3.8) is 0 Å². The van der Waals surface area contributed by atoms with Gasteiger partial charge in [0.15, 0.2) is 0 Å². The normalized spacial score (nSPS) is 14.2. The van der Waals surface area contributed by atoms with Gasteiger partial charge in [-0.3, -0.25) is 9.48 Å². The Kier molecular flexibility index (Phi) is 3.78. The van der Waals surface area contributed by atoms with Gasteiger partial charge >= 0.3 is 0 Å². The van der Waals surface area contributed by atoms with Crippen molar-refractivity contribution < 1.29 is 4.79 Å². The second kappa shape index (κ2) is 5.72. The molecule has 1 heterocycles. The molecule has 0 bridgehead atoms. The molecule has 0 atom stereocenters. The van der Waals surface area contributed by atoms with Gasteiger partial charge in [0, 0.05) is 25.8 Å². The predicted octanol–water partition coefficient (Wildman–Crippen LogP) is 2.79. The SMILES string of the molecule is CCc1ccc(CN(C(=O)c2cnn(C)c2)C2CC2)cc1. The van der Waals surface area contributed by atoms with Crippen LogP contribution < -0.4 is 0 Å². The van der Waals surface area contributed by atoms with Crippen LogP contribution in [0, 0.1) is 0 Å². The smallest absolute Gasteiger partial charge is 0.257 e. The second-order valence-electron chi connectivity index (χ2n) is 5.74. The molecular weight excluding hydrogens is 262 g/mol. The first-order valence-corrected chi connectivity index (χ1v) is 7.55. The van der Waals surface area contributed by atoms with Gasteiger partial charge in [0.05, 0.1) is 11.8 Å². The van der Waals surface area contributed by atoms with Crippen molar-refractivity contribution >= 4 is 5.91 Å². The van der Waals surface area contributed by atoms with Crippen LogP contribution in [0.2, 0.25) is 0 Å². The number of hydrogen-bond acceptors (Lipinski definition) is 2. The van der Waals surface area contributed by atoms with E-state index >= 15 is 0 Å². The minimum absolute atomic E-state index is 0.0881. The Balaban J connectivity index is 1.76. The summed E-state index contributed by atoms with van der Waals surface area (Å²) < 4.78 is 1.67. The van der Waals surface area contributed by atoms with Crippen LogP contribution in [-0.2, 0) is 20.0 Å². The number of aromatic nitrogens is 2. The summed E-state index contributed by atoms with van der Waals surface area (Å²) in [5.41, 5.74) is 3.20. The van der Waals surface area contributed by atoms with E-state index in [2.05, 4.69) is 36.3 Å². The summed E-state index contributed by atoms with van der Waals surface area (Å²) >= 11 is 0. The van der Waals surface area contributed by atoms with Gasteiger partial charge < -0.3 is 4.90 Å². The maximum Gasteiger partial charge on any atom is 0.257 e. The maximum atomic E-state index is 12.6. The van der Waals surface area contributed by atoms with Crippen LogP contribution in [0.3, 0.4) is 0 Å². The molecule has 1 saturated carbocycles. The van der Waals surface area contributed by atoms with Crippen LogP contribution in [-0.4, -0.2) is 26.6 Å². The Morgan fingerprint density at radius 2 is 1.95 bits per heavy atom. The molecule has 1 amide bonds. The lowest BCUT2D eigenvalue weighted by Crippen LogP contribution is -2.32. The van der Waals surface area contributed by atoms with Gasteiger partial charge in [-0.1, -0.05) is 31.2 Å². The van der Waals surface area contributed by atoms with E-state index in [-0.39, 0.29) is 5.91 Å². The number of nitrogens with zero attached hydrogens (tertiary/aromatic N) is 3. The largest absolute Gasteiger partial charge is 0.331 e. The third-order valence-electron chi connectivity index (χ3n) is 3.98. The van der Waals surface area contributed by atoms with E-state index in [9.17, 15) is 4.79 Å². The van der Waals surface area contributed by atoms with Gasteiger partial charge in [0.2, 0.25) is 0 Å². The average Bonchev–Trinajstić information content (AvgIpc) is 3.26. The molecule has 1 aromatic heterocycles. The molecule has 1 aromatic carbocycles. The zero-order chi connectivity index (χ0) is 14.8. The van der Waals surface area contributed by atoms with E-state index in [0.29, 0.717) is 18.2 Å². The van der Waals surface area contributed by atoms with Crippen LogP contribution in [0.1, 0.15) is 41.3 Å². The van der Waals surface area contributed by atoms with E-state index in [4.69, 9.17) is 0 Å². The molecule has 0 N–H and O–H groups in total. The van der Waals surface area contributed by atoms with Crippen LogP contribution in [0.25, 0.3) is 0 Å². The molecule has 3 rings (SSSR count). The summed E-state index contributed by atoms with van der Waals surface area (Å²) in [6.45, 7) is 2.83. The molecule has 0 spiro atoms. The molecule has 4 nitrogen and oxygen atoms in total. The molecule has 1 fully saturated rings. The van der Waals surface area contributed by atoms with E-state index in [0.717, 1.165) is 19.3 Å². The van der Waals surface area contributed by atoms with Gasteiger partial charge in [0.25, 0.3) is 5.91 Å². The minimum atomic E-state index is 0.0881. The lowest BCUT2D eigenvalue weighted by Gasteiger charge is -2.22.